The minimum absolute atomic E-state index is 0.0508. The number of carbonyl (C=O) groups is 3. The Morgan fingerprint density at radius 2 is 1.69 bits per heavy atom. The highest BCUT2D eigenvalue weighted by atomic mass is 16.5. The third-order valence-corrected chi connectivity index (χ3v) is 13.4. The SMILES string of the molecule is CNC(=O)c1cc(Nc2nc(-c3ccc4c(c3)N([C@H]3C[C@@H](N5CCCCC5)C3)C(=O)C43CCN(C(=O)C4COC4)CC3)cc3ncn(C4CC4)c23)ccc1C. The lowest BCUT2D eigenvalue weighted by Crippen LogP contribution is -2.59. The fourth-order valence-corrected chi connectivity index (χ4v) is 9.83. The summed E-state index contributed by atoms with van der Waals surface area (Å²) in [7, 11) is 1.64. The average Bonchev–Trinajstić information content (AvgIpc) is 3.88. The number of benzene rings is 2. The van der Waals surface area contributed by atoms with Gasteiger partial charge >= 0.3 is 0 Å². The van der Waals surface area contributed by atoms with E-state index in [4.69, 9.17) is 14.7 Å². The first kappa shape index (κ1) is 34.7. The molecule has 6 aliphatic rings. The summed E-state index contributed by atoms with van der Waals surface area (Å²) in [4.78, 5) is 57.7. The third kappa shape index (κ3) is 5.82. The number of aryl methyl sites for hydroxylation is 1. The second-order valence-corrected chi connectivity index (χ2v) is 16.8. The Labute approximate surface area is 321 Å². The summed E-state index contributed by atoms with van der Waals surface area (Å²) >= 11 is 0. The van der Waals surface area contributed by atoms with Crippen LogP contribution in [0.25, 0.3) is 22.3 Å². The fraction of sp³-hybridized carbons (Fsp3) is 0.512. The van der Waals surface area contributed by atoms with Crippen molar-refractivity contribution in [2.24, 2.45) is 5.92 Å². The van der Waals surface area contributed by atoms with E-state index in [-0.39, 0.29) is 29.7 Å². The van der Waals surface area contributed by atoms with Gasteiger partial charge in [0.25, 0.3) is 5.91 Å². The average molecular weight is 743 g/mol. The maximum atomic E-state index is 14.9. The molecule has 2 aromatic heterocycles. The smallest absolute Gasteiger partial charge is 0.251 e. The van der Waals surface area contributed by atoms with Crippen molar-refractivity contribution < 1.29 is 19.1 Å². The summed E-state index contributed by atoms with van der Waals surface area (Å²) in [6.07, 6.45) is 11.2. The Kier molecular flexibility index (Phi) is 8.47. The fourth-order valence-electron chi connectivity index (χ4n) is 9.83. The molecule has 4 aliphatic heterocycles. The molecular weight excluding hydrogens is 693 g/mol. The van der Waals surface area contributed by atoms with Gasteiger partial charge in [0.1, 0.15) is 5.52 Å². The number of aromatic nitrogens is 3. The highest BCUT2D eigenvalue weighted by Crippen LogP contribution is 2.52. The lowest BCUT2D eigenvalue weighted by atomic mass is 9.73. The van der Waals surface area contributed by atoms with Gasteiger partial charge in [-0.05, 0) is 107 Å². The standard InChI is InChI=1S/C43H50N8O4/c1-26-6-8-29(19-33(26)40(52)44-2)46-39-38-36(45-25-50(38)30-9-10-30)22-35(47-39)27-7-11-34-37(18-27)51(32-20-31(21-32)48-14-4-3-5-15-48)42(54)43(34)12-16-49(17-13-43)41(53)28-23-55-24-28/h6-8,11,18-19,22,25,28,30-32H,3-5,9-10,12-17,20-21,23-24H2,1-2H3,(H,44,52)(H,46,47)/t31-,32+. The lowest BCUT2D eigenvalue weighted by molar-refractivity contribution is -0.152. The summed E-state index contributed by atoms with van der Waals surface area (Å²) in [5.74, 6) is 0.856. The molecule has 55 heavy (non-hydrogen) atoms. The Hall–Kier alpha value is -4.81. The number of piperidine rings is 2. The van der Waals surface area contributed by atoms with Gasteiger partial charge in [-0.25, -0.2) is 9.97 Å². The van der Waals surface area contributed by atoms with Crippen LogP contribution in [0.4, 0.5) is 17.2 Å². The van der Waals surface area contributed by atoms with E-state index in [0.29, 0.717) is 62.6 Å². The molecule has 4 aromatic rings. The molecule has 2 aromatic carbocycles. The zero-order valence-corrected chi connectivity index (χ0v) is 31.9. The molecule has 0 unspecified atom stereocenters. The Morgan fingerprint density at radius 3 is 2.40 bits per heavy atom. The third-order valence-electron chi connectivity index (χ3n) is 13.4. The van der Waals surface area contributed by atoms with Gasteiger partial charge in [-0.15, -0.1) is 0 Å². The number of carbonyl (C=O) groups excluding carboxylic acids is 3. The molecule has 2 N–H and O–H groups in total. The lowest BCUT2D eigenvalue weighted by Gasteiger charge is -2.48. The molecule has 10 rings (SSSR count). The highest BCUT2D eigenvalue weighted by Gasteiger charge is 2.56. The minimum Gasteiger partial charge on any atom is -0.380 e. The first-order valence-corrected chi connectivity index (χ1v) is 20.4. The Balaban J connectivity index is 1.02. The normalized spacial score (nSPS) is 23.8. The molecule has 0 atom stereocenters. The molecule has 286 valence electrons. The second kappa shape index (κ2) is 13.4. The summed E-state index contributed by atoms with van der Waals surface area (Å²) in [6, 6.07) is 15.4. The zero-order valence-electron chi connectivity index (χ0n) is 31.9. The molecule has 12 nitrogen and oxygen atoms in total. The Morgan fingerprint density at radius 1 is 0.909 bits per heavy atom. The number of hydrogen-bond donors (Lipinski definition) is 2. The van der Waals surface area contributed by atoms with Crippen molar-refractivity contribution in [2.45, 2.75) is 88.3 Å². The number of likely N-dealkylation sites (tertiary alicyclic amines) is 2. The van der Waals surface area contributed by atoms with Crippen LogP contribution in [-0.2, 0) is 19.7 Å². The van der Waals surface area contributed by atoms with Crippen LogP contribution in [0, 0.1) is 12.8 Å². The molecule has 5 fully saturated rings. The van der Waals surface area contributed by atoms with Crippen LogP contribution in [0.5, 0.6) is 0 Å². The van der Waals surface area contributed by atoms with Crippen LogP contribution in [0.15, 0.2) is 48.8 Å². The molecule has 3 saturated heterocycles. The van der Waals surface area contributed by atoms with E-state index in [1.165, 1.54) is 19.3 Å². The molecule has 3 amide bonds. The quantitative estimate of drug-likeness (QED) is 0.235. The number of hydrogen-bond acceptors (Lipinski definition) is 8. The molecule has 0 bridgehead atoms. The van der Waals surface area contributed by atoms with Crippen molar-refractivity contribution in [3.05, 3.63) is 65.5 Å². The van der Waals surface area contributed by atoms with Gasteiger partial charge in [-0.2, -0.15) is 0 Å². The molecule has 6 heterocycles. The van der Waals surface area contributed by atoms with Gasteiger partial charge in [0.15, 0.2) is 5.82 Å². The number of nitrogens with one attached hydrogen (secondary N) is 2. The van der Waals surface area contributed by atoms with Crippen molar-refractivity contribution in [1.82, 2.24) is 29.7 Å². The van der Waals surface area contributed by atoms with Crippen molar-refractivity contribution >= 4 is 45.9 Å². The number of imidazole rings is 1. The Bertz CT molecular complexity index is 2190. The van der Waals surface area contributed by atoms with Crippen LogP contribution >= 0.6 is 0 Å². The first-order chi connectivity index (χ1) is 26.8. The van der Waals surface area contributed by atoms with Gasteiger partial charge in [-0.3, -0.25) is 14.4 Å². The van der Waals surface area contributed by atoms with E-state index in [9.17, 15) is 14.4 Å². The van der Waals surface area contributed by atoms with E-state index in [0.717, 1.165) is 83.6 Å². The summed E-state index contributed by atoms with van der Waals surface area (Å²) < 4.78 is 7.54. The number of nitrogens with zero attached hydrogens (tertiary/aromatic N) is 6. The molecular formula is C43H50N8O4. The summed E-state index contributed by atoms with van der Waals surface area (Å²) in [5, 5.41) is 6.32. The second-order valence-electron chi connectivity index (χ2n) is 16.8. The molecule has 2 aliphatic carbocycles. The van der Waals surface area contributed by atoms with E-state index in [1.807, 2.05) is 36.4 Å². The van der Waals surface area contributed by atoms with Crippen LogP contribution in [0.1, 0.15) is 85.3 Å². The van der Waals surface area contributed by atoms with E-state index < -0.39 is 5.41 Å². The van der Waals surface area contributed by atoms with Crippen LogP contribution in [0.2, 0.25) is 0 Å². The van der Waals surface area contributed by atoms with Gasteiger partial charge in [0.2, 0.25) is 11.8 Å². The van der Waals surface area contributed by atoms with Gasteiger partial charge in [0.05, 0.1) is 42.1 Å². The molecule has 2 saturated carbocycles. The van der Waals surface area contributed by atoms with E-state index in [2.05, 4.69) is 49.3 Å². The monoisotopic (exact) mass is 742 g/mol. The summed E-state index contributed by atoms with van der Waals surface area (Å²) in [5.41, 5.74) is 7.21. The van der Waals surface area contributed by atoms with Crippen LogP contribution in [0.3, 0.4) is 0 Å². The number of rotatable bonds is 8. The van der Waals surface area contributed by atoms with Crippen LogP contribution < -0.4 is 15.5 Å². The predicted molar refractivity (Wildman–Crippen MR) is 211 cm³/mol. The molecule has 12 heteroatoms. The highest BCUT2D eigenvalue weighted by molar-refractivity contribution is 6.09. The molecule has 1 spiro atoms. The van der Waals surface area contributed by atoms with Crippen LogP contribution in [-0.4, -0.2) is 101 Å². The maximum Gasteiger partial charge on any atom is 0.251 e. The maximum absolute atomic E-state index is 14.9. The number of ether oxygens (including phenoxy) is 1. The van der Waals surface area contributed by atoms with Gasteiger partial charge in [0, 0.05) is 60.8 Å². The number of anilines is 3. The predicted octanol–water partition coefficient (Wildman–Crippen LogP) is 5.71. The summed E-state index contributed by atoms with van der Waals surface area (Å²) in [6.45, 7) is 6.40. The number of amides is 3. The van der Waals surface area contributed by atoms with Crippen molar-refractivity contribution in [3.63, 3.8) is 0 Å². The first-order valence-electron chi connectivity index (χ1n) is 20.4. The van der Waals surface area contributed by atoms with Crippen molar-refractivity contribution in [3.8, 4) is 11.3 Å². The van der Waals surface area contributed by atoms with Crippen molar-refractivity contribution in [1.29, 1.82) is 0 Å². The van der Waals surface area contributed by atoms with E-state index in [1.54, 1.807) is 7.05 Å². The number of pyridine rings is 1. The largest absolute Gasteiger partial charge is 0.380 e. The molecule has 0 radical (unpaired) electrons. The van der Waals surface area contributed by atoms with Gasteiger partial charge < -0.3 is 34.6 Å². The van der Waals surface area contributed by atoms with Crippen molar-refractivity contribution in [2.75, 3.05) is 56.7 Å². The minimum atomic E-state index is -0.641. The zero-order chi connectivity index (χ0) is 37.4. The van der Waals surface area contributed by atoms with E-state index >= 15 is 0 Å². The topological polar surface area (TPSA) is 125 Å². The van der Waals surface area contributed by atoms with Gasteiger partial charge in [-0.1, -0.05) is 24.6 Å². The number of fused-ring (bicyclic) bond motifs is 3.